The highest BCUT2D eigenvalue weighted by molar-refractivity contribution is 6.26. The molecule has 8 aliphatic heterocycles. The van der Waals surface area contributed by atoms with E-state index in [4.69, 9.17) is 5.73 Å². The summed E-state index contributed by atoms with van der Waals surface area (Å²) in [6, 6.07) is 30.4. The summed E-state index contributed by atoms with van der Waals surface area (Å²) in [5.41, 5.74) is 15.3. The van der Waals surface area contributed by atoms with Crippen LogP contribution in [0.3, 0.4) is 0 Å². The van der Waals surface area contributed by atoms with Crippen LogP contribution in [0, 0.1) is 0 Å². The SMILES string of the molecule is C.C=C1CCC(N2C(=O)c3cccc(N)c3C2=O)C(=O)C1.C=C1CCC(N2C(=O)c3ccccc3C2=O)C(=O)C1.C=C1CCC(N2C(=O)c3ccccc3C2=O)C(=O)N1.C=C1CCC(N2Cc3ccccc3C2=O)C(=O)N1.C=C1CCC(N2Cc3ccccc3C2=O)C(=O)N1.CC.CC.N. The van der Waals surface area contributed by atoms with E-state index in [-0.39, 0.29) is 108 Å². The van der Waals surface area contributed by atoms with Crippen LogP contribution >= 0.6 is 0 Å². The highest BCUT2D eigenvalue weighted by Gasteiger charge is 2.47. The van der Waals surface area contributed by atoms with Crippen molar-refractivity contribution in [3.8, 4) is 0 Å². The number of hydrogen-bond acceptors (Lipinski definition) is 15. The maximum Gasteiger partial charge on any atom is 0.264 e. The van der Waals surface area contributed by atoms with E-state index in [0.29, 0.717) is 92.4 Å². The maximum atomic E-state index is 12.4. The van der Waals surface area contributed by atoms with Crippen molar-refractivity contribution in [3.05, 3.63) is 232 Å². The van der Waals surface area contributed by atoms with E-state index in [9.17, 15) is 62.3 Å². The molecule has 5 atom stereocenters. The van der Waals surface area contributed by atoms with Crippen LogP contribution in [-0.2, 0) is 37.1 Å². The van der Waals surface area contributed by atoms with Gasteiger partial charge in [-0.3, -0.25) is 77.0 Å². The quantitative estimate of drug-likeness (QED) is 0.0620. The van der Waals surface area contributed by atoms with Gasteiger partial charge in [-0.15, -0.1) is 0 Å². The zero-order valence-electron chi connectivity index (χ0n) is 56.1. The molecule has 11 amide bonds. The summed E-state index contributed by atoms with van der Waals surface area (Å²) in [6.07, 6.45) is 6.54. The molecular weight excluding hydrogens is 1270 g/mol. The van der Waals surface area contributed by atoms with Crippen LogP contribution in [0.25, 0.3) is 0 Å². The molecule has 23 nitrogen and oxygen atoms in total. The van der Waals surface area contributed by atoms with E-state index in [0.717, 1.165) is 72.3 Å². The number of rotatable bonds is 5. The Kier molecular flexibility index (Phi) is 25.0. The lowest BCUT2D eigenvalue weighted by Gasteiger charge is -2.30. The monoisotopic (exact) mass is 1360 g/mol. The summed E-state index contributed by atoms with van der Waals surface area (Å²) < 4.78 is 0. The fraction of sp³-hybridized carbons (Fsp3) is 0.312. The van der Waals surface area contributed by atoms with Crippen molar-refractivity contribution in [2.45, 2.75) is 155 Å². The first-order valence-corrected chi connectivity index (χ1v) is 32.8. The van der Waals surface area contributed by atoms with E-state index in [1.165, 1.54) is 0 Å². The number of carbonyl (C=O) groups is 13. The fourth-order valence-electron chi connectivity index (χ4n) is 13.2. The van der Waals surface area contributed by atoms with Gasteiger partial charge in [0.1, 0.15) is 18.1 Å². The molecule has 0 spiro atoms. The number of amides is 11. The molecule has 0 bridgehead atoms. The second-order valence-corrected chi connectivity index (χ2v) is 24.3. The first kappa shape index (κ1) is 76.0. The van der Waals surface area contributed by atoms with Gasteiger partial charge >= 0.3 is 0 Å². The van der Waals surface area contributed by atoms with Crippen molar-refractivity contribution in [1.82, 2.24) is 46.6 Å². The smallest absolute Gasteiger partial charge is 0.264 e. The molecule has 5 aromatic rings. The Labute approximate surface area is 581 Å². The van der Waals surface area contributed by atoms with Gasteiger partial charge in [0.2, 0.25) is 17.7 Å². The van der Waals surface area contributed by atoms with Crippen molar-refractivity contribution in [2.24, 2.45) is 0 Å². The molecule has 2 aliphatic carbocycles. The van der Waals surface area contributed by atoms with E-state index >= 15 is 0 Å². The highest BCUT2D eigenvalue weighted by Crippen LogP contribution is 2.36. The second-order valence-electron chi connectivity index (χ2n) is 24.3. The van der Waals surface area contributed by atoms with Crippen molar-refractivity contribution < 1.29 is 62.3 Å². The molecule has 5 fully saturated rings. The average Bonchev–Trinajstić information content (AvgIpc) is 1.63. The van der Waals surface area contributed by atoms with Crippen LogP contribution in [0.5, 0.6) is 0 Å². The molecule has 5 aromatic carbocycles. The molecular formula is C77H86N10O13. The van der Waals surface area contributed by atoms with Crippen LogP contribution < -0.4 is 27.8 Å². The number of nitrogens with two attached hydrogens (primary N) is 1. The van der Waals surface area contributed by atoms with Crippen LogP contribution in [0.2, 0.25) is 0 Å². The molecule has 0 aromatic heterocycles. The Morgan fingerprint density at radius 3 is 0.970 bits per heavy atom. The predicted octanol–water partition coefficient (Wildman–Crippen LogP) is 10.3. The number of hydrogen-bond donors (Lipinski definition) is 5. The van der Waals surface area contributed by atoms with Crippen molar-refractivity contribution >= 4 is 82.2 Å². The third kappa shape index (κ3) is 15.3. The Balaban J connectivity index is 0.000000172. The zero-order chi connectivity index (χ0) is 71.0. The van der Waals surface area contributed by atoms with Crippen molar-refractivity contribution in [3.63, 3.8) is 0 Å². The predicted molar refractivity (Wildman–Crippen MR) is 377 cm³/mol. The third-order valence-corrected chi connectivity index (χ3v) is 18.1. The molecule has 100 heavy (non-hydrogen) atoms. The molecule has 8 N–H and O–H groups in total. The number of nitrogens with zero attached hydrogens (tertiary/aromatic N) is 5. The first-order valence-electron chi connectivity index (χ1n) is 32.8. The van der Waals surface area contributed by atoms with E-state index in [1.54, 1.807) is 76.5 Å². The molecule has 522 valence electrons. The number of piperidine rings is 3. The summed E-state index contributed by atoms with van der Waals surface area (Å²) in [6.45, 7) is 27.8. The fourth-order valence-corrected chi connectivity index (χ4v) is 13.2. The van der Waals surface area contributed by atoms with Crippen LogP contribution in [0.4, 0.5) is 5.69 Å². The van der Waals surface area contributed by atoms with Gasteiger partial charge < -0.3 is 37.6 Å². The summed E-state index contributed by atoms with van der Waals surface area (Å²) in [5.74, 6) is -3.28. The van der Waals surface area contributed by atoms with Gasteiger partial charge in [0.15, 0.2) is 11.6 Å². The summed E-state index contributed by atoms with van der Waals surface area (Å²) in [7, 11) is 0. The lowest BCUT2D eigenvalue weighted by molar-refractivity contribution is -0.127. The van der Waals surface area contributed by atoms with Gasteiger partial charge in [-0.1, -0.05) is 146 Å². The van der Waals surface area contributed by atoms with Gasteiger partial charge in [0.25, 0.3) is 47.3 Å². The van der Waals surface area contributed by atoms with Crippen molar-refractivity contribution in [2.75, 3.05) is 5.73 Å². The van der Waals surface area contributed by atoms with Gasteiger partial charge in [-0.2, -0.15) is 0 Å². The number of anilines is 1. The first-order chi connectivity index (χ1) is 47.0. The van der Waals surface area contributed by atoms with Crippen molar-refractivity contribution in [1.29, 1.82) is 0 Å². The van der Waals surface area contributed by atoms with E-state index in [2.05, 4.69) is 48.8 Å². The molecule has 0 radical (unpaired) electrons. The van der Waals surface area contributed by atoms with E-state index in [1.807, 2.05) is 76.2 Å². The van der Waals surface area contributed by atoms with Crippen LogP contribution in [0.15, 0.2) is 176 Å². The molecule has 5 unspecified atom stereocenters. The maximum absolute atomic E-state index is 12.4. The average molecular weight is 1360 g/mol. The number of fused-ring (bicyclic) bond motifs is 5. The number of allylic oxidation sites excluding steroid dienone is 5. The number of nitrogens with one attached hydrogen (secondary N) is 3. The number of imide groups is 3. The Morgan fingerprint density at radius 2 is 0.640 bits per heavy atom. The minimum Gasteiger partial charge on any atom is -0.398 e. The Morgan fingerprint density at radius 1 is 0.350 bits per heavy atom. The molecule has 2 saturated carbocycles. The number of benzene rings is 5. The van der Waals surface area contributed by atoms with Gasteiger partial charge in [-0.25, -0.2) is 0 Å². The van der Waals surface area contributed by atoms with Crippen LogP contribution in [-0.4, -0.2) is 131 Å². The zero-order valence-corrected chi connectivity index (χ0v) is 56.1. The number of ketones is 2. The lowest BCUT2D eigenvalue weighted by atomic mass is 9.89. The summed E-state index contributed by atoms with van der Waals surface area (Å²) in [4.78, 5) is 165. The number of Topliss-reactive ketones (excluding diaryl/α,β-unsaturated/α-hetero) is 2. The largest absolute Gasteiger partial charge is 0.398 e. The number of nitrogen functional groups attached to an aromatic ring is 1. The lowest BCUT2D eigenvalue weighted by Crippen LogP contribution is -2.51. The normalized spacial score (nSPS) is 21.5. The molecule has 3 saturated heterocycles. The third-order valence-electron chi connectivity index (χ3n) is 18.1. The standard InChI is InChI=1S/C15H14N2O3.C15H13NO3.C14H12N2O3.2C14H14N2O2.2C2H6.CH4.H3N/c1-8-5-6-11(12(18)7-8)17-14(19)9-3-2-4-10(16)13(9)15(17)20;1-9-6-7-12(13(17)8-9)16-14(18)10-4-2-3-5-11(10)15(16)19;1-8-6-7-11(12(17)15-8)16-13(18)9-4-2-3-5-10(9)14(16)19;2*1-9-6-7-12(13(17)15-9)16-8-10-4-2-3-5-11(10)14(16)18;2*1-2;;/h2-4,11H,1,5-7,16H2;2-5,12H,1,6-8H2;2-5,11H,1,6-7H2,(H,15,17);2*2-5,12H,1,6-8H2,(H,15,17);2*1-2H3;1H4;1H3. The van der Waals surface area contributed by atoms with Crippen LogP contribution in [0.1, 0.15) is 206 Å². The van der Waals surface area contributed by atoms with Gasteiger partial charge in [-0.05, 0) is 124 Å². The molecule has 8 heterocycles. The second kappa shape index (κ2) is 32.8. The number of carbonyl (C=O) groups excluding carboxylic acids is 13. The van der Waals surface area contributed by atoms with E-state index < -0.39 is 41.8 Å². The van der Waals surface area contributed by atoms with Gasteiger partial charge in [0.05, 0.1) is 45.5 Å². The van der Waals surface area contributed by atoms with Gasteiger partial charge in [0, 0.05) is 59.8 Å². The molecule has 10 aliphatic rings. The summed E-state index contributed by atoms with van der Waals surface area (Å²) >= 11 is 0. The topological polar surface area (TPSA) is 335 Å². The molecule has 23 heteroatoms. The summed E-state index contributed by atoms with van der Waals surface area (Å²) in [5, 5.41) is 8.05. The Bertz CT molecular complexity index is 3970. The minimum absolute atomic E-state index is 0. The Hall–Kier alpha value is -11.3. The highest BCUT2D eigenvalue weighted by atomic mass is 16.2. The minimum atomic E-state index is -0.738. The molecule has 15 rings (SSSR count).